The van der Waals surface area contributed by atoms with Gasteiger partial charge in [0, 0.05) is 55.5 Å². The average molecular weight is 390 g/mol. The van der Waals surface area contributed by atoms with Crippen molar-refractivity contribution >= 4 is 17.4 Å². The van der Waals surface area contributed by atoms with Crippen molar-refractivity contribution in [3.63, 3.8) is 0 Å². The van der Waals surface area contributed by atoms with E-state index in [-0.39, 0.29) is 11.8 Å². The maximum absolute atomic E-state index is 13.0. The summed E-state index contributed by atoms with van der Waals surface area (Å²) in [6.07, 6.45) is 5.56. The highest BCUT2D eigenvalue weighted by Gasteiger charge is 2.28. The first-order valence-corrected chi connectivity index (χ1v) is 9.96. The molecule has 0 radical (unpaired) electrons. The smallest absolute Gasteiger partial charge is 0.257 e. The summed E-state index contributed by atoms with van der Waals surface area (Å²) >= 11 is 0. The van der Waals surface area contributed by atoms with Crippen LogP contribution in [0.1, 0.15) is 46.2 Å². The molecule has 1 saturated heterocycles. The maximum Gasteiger partial charge on any atom is 0.257 e. The Morgan fingerprint density at radius 1 is 1.24 bits per heavy atom. The Balaban J connectivity index is 1.53. The van der Waals surface area contributed by atoms with Gasteiger partial charge in [-0.1, -0.05) is 6.07 Å². The maximum atomic E-state index is 13.0. The molecular weight excluding hydrogens is 364 g/mol. The number of carbonyl (C=O) groups is 1. The molecule has 3 aromatic heterocycles. The molecule has 7 heteroatoms. The summed E-state index contributed by atoms with van der Waals surface area (Å²) < 4.78 is 1.70. The molecule has 0 saturated carbocycles. The third-order valence-corrected chi connectivity index (χ3v) is 5.28. The highest BCUT2D eigenvalue weighted by molar-refractivity contribution is 5.95. The largest absolute Gasteiger partial charge is 0.340 e. The Morgan fingerprint density at radius 2 is 2.10 bits per heavy atom. The minimum absolute atomic E-state index is 0.0554. The van der Waals surface area contributed by atoms with Crippen molar-refractivity contribution < 1.29 is 4.79 Å². The lowest BCUT2D eigenvalue weighted by atomic mass is 9.93. The van der Waals surface area contributed by atoms with E-state index in [2.05, 4.69) is 21.5 Å². The van der Waals surface area contributed by atoms with E-state index in [9.17, 15) is 4.79 Å². The number of carbonyl (C=O) groups excluding carboxylic acids is 1. The van der Waals surface area contributed by atoms with Crippen LogP contribution in [0.2, 0.25) is 0 Å². The monoisotopic (exact) mass is 390 g/mol. The van der Waals surface area contributed by atoms with Crippen molar-refractivity contribution in [1.29, 1.82) is 0 Å². The predicted octanol–water partition coefficient (Wildman–Crippen LogP) is 3.59. The molecule has 1 aliphatic rings. The molecule has 4 heterocycles. The molecular formula is C22H26N6O. The number of nitrogens with one attached hydrogen (secondary N) is 1. The molecule has 0 spiro atoms. The van der Waals surface area contributed by atoms with E-state index in [1.807, 2.05) is 50.1 Å². The molecule has 4 rings (SSSR count). The fourth-order valence-corrected chi connectivity index (χ4v) is 3.94. The number of hydrogen-bond acceptors (Lipinski definition) is 5. The second kappa shape index (κ2) is 8.03. The molecule has 1 amide bonds. The van der Waals surface area contributed by atoms with E-state index in [4.69, 9.17) is 4.98 Å². The summed E-state index contributed by atoms with van der Waals surface area (Å²) in [5.41, 5.74) is 4.40. The van der Waals surface area contributed by atoms with Crippen molar-refractivity contribution in [2.24, 2.45) is 7.05 Å². The van der Waals surface area contributed by atoms with Gasteiger partial charge in [-0.3, -0.25) is 14.5 Å². The van der Waals surface area contributed by atoms with Crippen molar-refractivity contribution in [1.82, 2.24) is 24.6 Å². The molecule has 0 unspecified atom stereocenters. The Labute approximate surface area is 170 Å². The molecule has 1 aliphatic heterocycles. The van der Waals surface area contributed by atoms with Crippen molar-refractivity contribution in [2.75, 3.05) is 18.4 Å². The number of amides is 1. The van der Waals surface area contributed by atoms with E-state index in [0.717, 1.165) is 48.0 Å². The molecule has 1 fully saturated rings. The predicted molar refractivity (Wildman–Crippen MR) is 112 cm³/mol. The van der Waals surface area contributed by atoms with Gasteiger partial charge >= 0.3 is 0 Å². The van der Waals surface area contributed by atoms with Crippen LogP contribution >= 0.6 is 0 Å². The summed E-state index contributed by atoms with van der Waals surface area (Å²) in [5.74, 6) is 1.07. The molecule has 150 valence electrons. The number of likely N-dealkylation sites (tertiary alicyclic amines) is 1. The zero-order valence-corrected chi connectivity index (χ0v) is 17.1. The first-order valence-electron chi connectivity index (χ1n) is 9.96. The van der Waals surface area contributed by atoms with Gasteiger partial charge in [0.15, 0.2) is 0 Å². The van der Waals surface area contributed by atoms with E-state index in [0.29, 0.717) is 12.1 Å². The topological polar surface area (TPSA) is 75.9 Å². The fraction of sp³-hybridized carbons (Fsp3) is 0.364. The van der Waals surface area contributed by atoms with Crippen molar-refractivity contribution in [2.45, 2.75) is 32.6 Å². The standard InChI is InChI=1S/C22H26N6O/c1-15-11-18(25-21-8-4-5-9-23-21)12-20(24-15)17-7-6-10-28(13-17)22(29)19-14-27(3)26-16(19)2/h4-5,8-9,11-12,14,17H,6-7,10,13H2,1-3H3,(H,23,24,25)/t17-/m0/s1. The molecule has 7 nitrogen and oxygen atoms in total. The van der Waals surface area contributed by atoms with Crippen LogP contribution in [-0.2, 0) is 7.05 Å². The van der Waals surface area contributed by atoms with Crippen LogP contribution in [0.5, 0.6) is 0 Å². The van der Waals surface area contributed by atoms with Crippen LogP contribution < -0.4 is 5.32 Å². The Morgan fingerprint density at radius 3 is 2.83 bits per heavy atom. The Kier molecular flexibility index (Phi) is 5.29. The molecule has 29 heavy (non-hydrogen) atoms. The van der Waals surface area contributed by atoms with Gasteiger partial charge in [0.05, 0.1) is 11.3 Å². The lowest BCUT2D eigenvalue weighted by Gasteiger charge is -2.32. The summed E-state index contributed by atoms with van der Waals surface area (Å²) in [4.78, 5) is 24.1. The van der Waals surface area contributed by atoms with Gasteiger partial charge in [0.2, 0.25) is 0 Å². The van der Waals surface area contributed by atoms with Gasteiger partial charge in [0.25, 0.3) is 5.91 Å². The summed E-state index contributed by atoms with van der Waals surface area (Å²) in [5, 5.41) is 7.66. The fourth-order valence-electron chi connectivity index (χ4n) is 3.94. The first kappa shape index (κ1) is 19.1. The molecule has 0 aliphatic carbocycles. The molecule has 1 N–H and O–H groups in total. The average Bonchev–Trinajstić information content (AvgIpc) is 3.06. The van der Waals surface area contributed by atoms with Crippen molar-refractivity contribution in [3.8, 4) is 0 Å². The van der Waals surface area contributed by atoms with Crippen LogP contribution in [0.3, 0.4) is 0 Å². The number of aromatic nitrogens is 4. The van der Waals surface area contributed by atoms with Crippen LogP contribution in [0.25, 0.3) is 0 Å². The normalized spacial score (nSPS) is 16.7. The lowest BCUT2D eigenvalue weighted by molar-refractivity contribution is 0.0705. The second-order valence-electron chi connectivity index (χ2n) is 7.65. The first-order chi connectivity index (χ1) is 14.0. The van der Waals surface area contributed by atoms with Gasteiger partial charge in [-0.25, -0.2) is 4.98 Å². The third kappa shape index (κ3) is 4.29. The highest BCUT2D eigenvalue weighted by Crippen LogP contribution is 2.29. The van der Waals surface area contributed by atoms with Gasteiger partial charge in [0.1, 0.15) is 5.82 Å². The van der Waals surface area contributed by atoms with Gasteiger partial charge in [-0.05, 0) is 51.0 Å². The number of hydrogen-bond donors (Lipinski definition) is 1. The number of piperidine rings is 1. The quantitative estimate of drug-likeness (QED) is 0.737. The zero-order valence-electron chi connectivity index (χ0n) is 17.1. The summed E-state index contributed by atoms with van der Waals surface area (Å²) in [6.45, 7) is 5.32. The lowest BCUT2D eigenvalue weighted by Crippen LogP contribution is -2.39. The SMILES string of the molecule is Cc1cc(Nc2ccccn2)cc([C@H]2CCCN(C(=O)c3cn(C)nc3C)C2)n1. The van der Waals surface area contributed by atoms with Gasteiger partial charge < -0.3 is 10.2 Å². The Bertz CT molecular complexity index is 1010. The van der Waals surface area contributed by atoms with E-state index in [1.54, 1.807) is 17.1 Å². The molecule has 0 aromatic carbocycles. The number of rotatable bonds is 4. The molecule has 0 bridgehead atoms. The summed E-state index contributed by atoms with van der Waals surface area (Å²) in [7, 11) is 1.84. The number of anilines is 2. The zero-order chi connectivity index (χ0) is 20.4. The van der Waals surface area contributed by atoms with Gasteiger partial charge in [-0.2, -0.15) is 5.10 Å². The van der Waals surface area contributed by atoms with Crippen LogP contribution in [0.15, 0.2) is 42.7 Å². The van der Waals surface area contributed by atoms with Crippen molar-refractivity contribution in [3.05, 3.63) is 65.4 Å². The van der Waals surface area contributed by atoms with Crippen LogP contribution in [0.4, 0.5) is 11.5 Å². The van der Waals surface area contributed by atoms with Crippen LogP contribution in [0, 0.1) is 13.8 Å². The molecule has 3 aromatic rings. The Hall–Kier alpha value is -3.22. The van der Waals surface area contributed by atoms with E-state index < -0.39 is 0 Å². The number of nitrogens with zero attached hydrogens (tertiary/aromatic N) is 5. The third-order valence-electron chi connectivity index (χ3n) is 5.28. The highest BCUT2D eigenvalue weighted by atomic mass is 16.2. The number of aryl methyl sites for hydroxylation is 3. The molecule has 1 atom stereocenters. The van der Waals surface area contributed by atoms with Gasteiger partial charge in [-0.15, -0.1) is 0 Å². The van der Waals surface area contributed by atoms with Crippen LogP contribution in [-0.4, -0.2) is 43.6 Å². The second-order valence-corrected chi connectivity index (χ2v) is 7.65. The summed E-state index contributed by atoms with van der Waals surface area (Å²) in [6, 6.07) is 9.88. The minimum Gasteiger partial charge on any atom is -0.340 e. The van der Waals surface area contributed by atoms with E-state index >= 15 is 0 Å². The minimum atomic E-state index is 0.0554. The number of pyridine rings is 2. The van der Waals surface area contributed by atoms with E-state index in [1.165, 1.54) is 0 Å².